The molecule has 0 radical (unpaired) electrons. The van der Waals surface area contributed by atoms with E-state index in [1.165, 1.54) is 30.3 Å². The van der Waals surface area contributed by atoms with E-state index in [-0.39, 0.29) is 22.0 Å². The molecule has 0 aliphatic rings. The molecule has 0 amide bonds. The van der Waals surface area contributed by atoms with Gasteiger partial charge in [0.25, 0.3) is 0 Å². The van der Waals surface area contributed by atoms with Gasteiger partial charge in [-0.25, -0.2) is 8.78 Å². The van der Waals surface area contributed by atoms with Gasteiger partial charge < -0.3 is 0 Å². The maximum atomic E-state index is 13.5. The van der Waals surface area contributed by atoms with E-state index in [1.807, 2.05) is 0 Å². The number of halogens is 4. The van der Waals surface area contributed by atoms with Crippen molar-refractivity contribution < 1.29 is 13.6 Å². The molecule has 0 fully saturated rings. The third-order valence-electron chi connectivity index (χ3n) is 2.61. The molecule has 0 unspecified atom stereocenters. The molecule has 2 aromatic carbocycles. The molecule has 0 atom stereocenters. The van der Waals surface area contributed by atoms with Crippen molar-refractivity contribution >= 4 is 29.0 Å². The second kappa shape index (κ2) is 5.68. The second-order valence-corrected chi connectivity index (χ2v) is 4.75. The Balaban J connectivity index is 2.31. The van der Waals surface area contributed by atoms with E-state index in [2.05, 4.69) is 0 Å². The van der Waals surface area contributed by atoms with Crippen LogP contribution in [0.15, 0.2) is 36.4 Å². The molecule has 2 aromatic rings. The molecule has 0 aromatic heterocycles. The van der Waals surface area contributed by atoms with Crippen LogP contribution in [-0.4, -0.2) is 5.78 Å². The van der Waals surface area contributed by atoms with E-state index in [1.54, 1.807) is 0 Å². The smallest absolute Gasteiger partial charge is 0.170 e. The number of benzene rings is 2. The minimum Gasteiger partial charge on any atom is -0.294 e. The summed E-state index contributed by atoms with van der Waals surface area (Å²) in [5.41, 5.74) is 0.180. The van der Waals surface area contributed by atoms with Gasteiger partial charge in [0, 0.05) is 11.4 Å². The molecule has 0 heterocycles. The molecule has 0 N–H and O–H groups in total. The highest BCUT2D eigenvalue weighted by molar-refractivity contribution is 6.32. The van der Waals surface area contributed by atoms with Crippen molar-refractivity contribution in [1.82, 2.24) is 0 Å². The van der Waals surface area contributed by atoms with Crippen LogP contribution in [0.25, 0.3) is 0 Å². The van der Waals surface area contributed by atoms with Gasteiger partial charge in [-0.05, 0) is 29.8 Å². The van der Waals surface area contributed by atoms with Gasteiger partial charge in [-0.15, -0.1) is 0 Å². The lowest BCUT2D eigenvalue weighted by molar-refractivity contribution is 0.0989. The van der Waals surface area contributed by atoms with Gasteiger partial charge in [-0.3, -0.25) is 4.79 Å². The summed E-state index contributed by atoms with van der Waals surface area (Å²) in [6.45, 7) is 0. The molecular formula is C14H8Cl2F2O. The fourth-order valence-corrected chi connectivity index (χ4v) is 2.03. The predicted octanol–water partition coefficient (Wildman–Crippen LogP) is 4.70. The van der Waals surface area contributed by atoms with Crippen LogP contribution in [0.2, 0.25) is 10.0 Å². The van der Waals surface area contributed by atoms with Crippen molar-refractivity contribution in [3.8, 4) is 0 Å². The zero-order valence-electron chi connectivity index (χ0n) is 9.59. The first-order chi connectivity index (χ1) is 8.99. The van der Waals surface area contributed by atoms with Crippen molar-refractivity contribution in [3.05, 3.63) is 69.2 Å². The fraction of sp³-hybridized carbons (Fsp3) is 0.0714. The Morgan fingerprint density at radius 3 is 2.53 bits per heavy atom. The largest absolute Gasteiger partial charge is 0.294 e. The summed E-state index contributed by atoms with van der Waals surface area (Å²) in [6, 6.07) is 7.86. The molecular weight excluding hydrogens is 293 g/mol. The fourth-order valence-electron chi connectivity index (χ4n) is 1.66. The number of carbonyl (C=O) groups is 1. The van der Waals surface area contributed by atoms with Crippen LogP contribution in [-0.2, 0) is 6.42 Å². The summed E-state index contributed by atoms with van der Waals surface area (Å²) < 4.78 is 26.8. The van der Waals surface area contributed by atoms with Crippen molar-refractivity contribution in [3.63, 3.8) is 0 Å². The SMILES string of the molecule is O=C(Cc1cccc(F)c1Cl)c1cc(Cl)ccc1F. The van der Waals surface area contributed by atoms with Crippen LogP contribution in [0.3, 0.4) is 0 Å². The summed E-state index contributed by atoms with van der Waals surface area (Å²) in [5.74, 6) is -1.78. The Labute approximate surface area is 118 Å². The third kappa shape index (κ3) is 3.11. The molecule has 19 heavy (non-hydrogen) atoms. The molecule has 0 spiro atoms. The van der Waals surface area contributed by atoms with E-state index in [0.717, 1.165) is 6.07 Å². The summed E-state index contributed by atoms with van der Waals surface area (Å²) in [5, 5.41) is 0.133. The standard InChI is InChI=1S/C14H8Cl2F2O/c15-9-4-5-11(17)10(7-9)13(19)6-8-2-1-3-12(18)14(8)16/h1-5,7H,6H2. The Morgan fingerprint density at radius 2 is 1.79 bits per heavy atom. The van der Waals surface area contributed by atoms with Gasteiger partial charge in [-0.1, -0.05) is 35.3 Å². The zero-order chi connectivity index (χ0) is 14.0. The van der Waals surface area contributed by atoms with Gasteiger partial charge in [0.1, 0.15) is 11.6 Å². The Bertz CT molecular complexity index is 641. The molecule has 5 heteroatoms. The minimum absolute atomic E-state index is 0.127. The van der Waals surface area contributed by atoms with Crippen LogP contribution in [0, 0.1) is 11.6 Å². The molecule has 98 valence electrons. The van der Waals surface area contributed by atoms with Crippen LogP contribution < -0.4 is 0 Å². The van der Waals surface area contributed by atoms with Gasteiger partial charge in [0.05, 0.1) is 10.6 Å². The summed E-state index contributed by atoms with van der Waals surface area (Å²) in [6.07, 6.45) is -0.187. The first kappa shape index (κ1) is 14.0. The lowest BCUT2D eigenvalue weighted by Gasteiger charge is -2.06. The number of hydrogen-bond donors (Lipinski definition) is 0. The quantitative estimate of drug-likeness (QED) is 0.751. The number of rotatable bonds is 3. The summed E-state index contributed by atoms with van der Waals surface area (Å²) >= 11 is 11.5. The van der Waals surface area contributed by atoms with Gasteiger partial charge in [0.15, 0.2) is 5.78 Å². The zero-order valence-corrected chi connectivity index (χ0v) is 11.1. The maximum absolute atomic E-state index is 13.5. The second-order valence-electron chi connectivity index (χ2n) is 3.94. The number of hydrogen-bond acceptors (Lipinski definition) is 1. The minimum atomic E-state index is -0.665. The van der Waals surface area contributed by atoms with Crippen LogP contribution >= 0.6 is 23.2 Å². The molecule has 1 nitrogen and oxygen atoms in total. The monoisotopic (exact) mass is 300 g/mol. The third-order valence-corrected chi connectivity index (χ3v) is 3.27. The van der Waals surface area contributed by atoms with Gasteiger partial charge >= 0.3 is 0 Å². The topological polar surface area (TPSA) is 17.1 Å². The molecule has 0 aliphatic heterocycles. The van der Waals surface area contributed by atoms with E-state index >= 15 is 0 Å². The van der Waals surface area contributed by atoms with Crippen molar-refractivity contribution in [2.45, 2.75) is 6.42 Å². The van der Waals surface area contributed by atoms with Crippen LogP contribution in [0.4, 0.5) is 8.78 Å². The first-order valence-electron chi connectivity index (χ1n) is 5.40. The van der Waals surface area contributed by atoms with Crippen molar-refractivity contribution in [2.75, 3.05) is 0 Å². The van der Waals surface area contributed by atoms with E-state index < -0.39 is 17.4 Å². The molecule has 0 saturated heterocycles. The van der Waals surface area contributed by atoms with Crippen molar-refractivity contribution in [1.29, 1.82) is 0 Å². The highest BCUT2D eigenvalue weighted by Gasteiger charge is 2.15. The number of carbonyl (C=O) groups excluding carboxylic acids is 1. The average molecular weight is 301 g/mol. The first-order valence-corrected chi connectivity index (χ1v) is 6.16. The normalized spacial score (nSPS) is 10.5. The summed E-state index contributed by atoms with van der Waals surface area (Å²) in [7, 11) is 0. The Kier molecular flexibility index (Phi) is 4.17. The van der Waals surface area contributed by atoms with Crippen molar-refractivity contribution in [2.24, 2.45) is 0 Å². The van der Waals surface area contributed by atoms with Crippen LogP contribution in [0.1, 0.15) is 15.9 Å². The predicted molar refractivity (Wildman–Crippen MR) is 70.9 cm³/mol. The number of ketones is 1. The molecule has 0 bridgehead atoms. The van der Waals surface area contributed by atoms with E-state index in [0.29, 0.717) is 5.56 Å². The van der Waals surface area contributed by atoms with Gasteiger partial charge in [-0.2, -0.15) is 0 Å². The van der Waals surface area contributed by atoms with E-state index in [4.69, 9.17) is 23.2 Å². The highest BCUT2D eigenvalue weighted by atomic mass is 35.5. The Hall–Kier alpha value is -1.45. The van der Waals surface area contributed by atoms with Gasteiger partial charge in [0.2, 0.25) is 0 Å². The van der Waals surface area contributed by atoms with Crippen LogP contribution in [0.5, 0.6) is 0 Å². The summed E-state index contributed by atoms with van der Waals surface area (Å²) in [4.78, 5) is 12.0. The maximum Gasteiger partial charge on any atom is 0.170 e. The molecule has 2 rings (SSSR count). The average Bonchev–Trinajstić information content (AvgIpc) is 2.38. The molecule has 0 saturated carbocycles. The number of Topliss-reactive ketones (excluding diaryl/α,β-unsaturated/α-hetero) is 1. The lowest BCUT2D eigenvalue weighted by atomic mass is 10.0. The highest BCUT2D eigenvalue weighted by Crippen LogP contribution is 2.23. The molecule has 0 aliphatic carbocycles. The van der Waals surface area contributed by atoms with E-state index in [9.17, 15) is 13.6 Å². The Morgan fingerprint density at radius 1 is 1.05 bits per heavy atom. The lowest BCUT2D eigenvalue weighted by Crippen LogP contribution is -2.07.